The van der Waals surface area contributed by atoms with Crippen molar-refractivity contribution in [1.29, 1.82) is 0 Å². The number of rotatable bonds is 6. The summed E-state index contributed by atoms with van der Waals surface area (Å²) in [5.41, 5.74) is -0.924. The Hall–Kier alpha value is -0.810. The predicted octanol–water partition coefficient (Wildman–Crippen LogP) is 0.502. The van der Waals surface area contributed by atoms with Crippen molar-refractivity contribution in [3.05, 3.63) is 0 Å². The van der Waals surface area contributed by atoms with Crippen LogP contribution in [-0.2, 0) is 4.74 Å². The van der Waals surface area contributed by atoms with Crippen LogP contribution in [0.25, 0.3) is 0 Å². The number of ether oxygens (including phenoxy) is 1. The summed E-state index contributed by atoms with van der Waals surface area (Å²) in [4.78, 5) is 11.0. The molecule has 5 heteroatoms. The van der Waals surface area contributed by atoms with Crippen LogP contribution in [0.5, 0.6) is 0 Å². The average molecular weight is 219 g/mol. The highest BCUT2D eigenvalue weighted by Gasteiger charge is 2.22. The van der Waals surface area contributed by atoms with Gasteiger partial charge in [0.2, 0.25) is 0 Å². The van der Waals surface area contributed by atoms with E-state index < -0.39 is 11.7 Å². The molecule has 0 aromatic carbocycles. The zero-order chi connectivity index (χ0) is 11.9. The molecule has 0 aromatic heterocycles. The third-order valence-corrected chi connectivity index (χ3v) is 1.79. The van der Waals surface area contributed by atoms with Crippen molar-refractivity contribution in [3.8, 4) is 0 Å². The van der Waals surface area contributed by atoms with E-state index in [4.69, 9.17) is 5.11 Å². The second-order valence-corrected chi connectivity index (χ2v) is 4.31. The maximum atomic E-state index is 11.0. The van der Waals surface area contributed by atoms with Crippen LogP contribution in [0.3, 0.4) is 0 Å². The fourth-order valence-corrected chi connectivity index (χ4v) is 1.40. The van der Waals surface area contributed by atoms with E-state index in [2.05, 4.69) is 10.1 Å². The van der Waals surface area contributed by atoms with Crippen LogP contribution in [0.15, 0.2) is 0 Å². The molecular formula is C10H21NO4. The molecule has 1 atom stereocenters. The van der Waals surface area contributed by atoms with Gasteiger partial charge in [-0.2, -0.15) is 0 Å². The normalized spacial score (nSPS) is 14.8. The maximum absolute atomic E-state index is 11.0. The number of aliphatic hydroxyl groups is 2. The maximum Gasteiger partial charge on any atom is 0.407 e. The SMILES string of the molecule is CC(C)CC(C)(O)CNC(=O)OCCO. The van der Waals surface area contributed by atoms with E-state index in [-0.39, 0.29) is 19.8 Å². The largest absolute Gasteiger partial charge is 0.447 e. The van der Waals surface area contributed by atoms with E-state index in [0.29, 0.717) is 12.3 Å². The van der Waals surface area contributed by atoms with Gasteiger partial charge in [-0.05, 0) is 19.3 Å². The molecule has 90 valence electrons. The number of carbonyl (C=O) groups is 1. The van der Waals surface area contributed by atoms with Crippen molar-refractivity contribution >= 4 is 6.09 Å². The van der Waals surface area contributed by atoms with Crippen LogP contribution < -0.4 is 5.32 Å². The third kappa shape index (κ3) is 8.20. The Balaban J connectivity index is 3.77. The van der Waals surface area contributed by atoms with Crippen molar-refractivity contribution in [2.45, 2.75) is 32.8 Å². The lowest BCUT2D eigenvalue weighted by Gasteiger charge is -2.25. The highest BCUT2D eigenvalue weighted by atomic mass is 16.6. The summed E-state index contributed by atoms with van der Waals surface area (Å²) in [6, 6.07) is 0. The molecule has 0 aromatic rings. The van der Waals surface area contributed by atoms with Gasteiger partial charge in [-0.1, -0.05) is 13.8 Å². The summed E-state index contributed by atoms with van der Waals surface area (Å²) in [6.45, 7) is 5.58. The van der Waals surface area contributed by atoms with Gasteiger partial charge in [-0.3, -0.25) is 0 Å². The Morgan fingerprint density at radius 2 is 2.13 bits per heavy atom. The first-order valence-electron chi connectivity index (χ1n) is 5.11. The molecule has 0 saturated heterocycles. The molecule has 5 nitrogen and oxygen atoms in total. The summed E-state index contributed by atoms with van der Waals surface area (Å²) in [7, 11) is 0. The fraction of sp³-hybridized carbons (Fsp3) is 0.900. The Kier molecular flexibility index (Phi) is 6.27. The number of hydrogen-bond donors (Lipinski definition) is 3. The quantitative estimate of drug-likeness (QED) is 0.608. The predicted molar refractivity (Wildman–Crippen MR) is 56.5 cm³/mol. The molecule has 3 N–H and O–H groups in total. The summed E-state index contributed by atoms with van der Waals surface area (Å²) < 4.78 is 4.58. The van der Waals surface area contributed by atoms with E-state index >= 15 is 0 Å². The molecule has 0 rings (SSSR count). The lowest BCUT2D eigenvalue weighted by atomic mass is 9.94. The summed E-state index contributed by atoms with van der Waals surface area (Å²) >= 11 is 0. The molecule has 0 spiro atoms. The van der Waals surface area contributed by atoms with Crippen LogP contribution in [0.4, 0.5) is 4.79 Å². The molecule has 0 aliphatic rings. The van der Waals surface area contributed by atoms with Gasteiger partial charge < -0.3 is 20.3 Å². The Bertz CT molecular complexity index is 192. The first kappa shape index (κ1) is 14.2. The summed E-state index contributed by atoms with van der Waals surface area (Å²) in [6.07, 6.45) is -0.0131. The standard InChI is InChI=1S/C10H21NO4/c1-8(2)6-10(3,14)7-11-9(13)15-5-4-12/h8,12,14H,4-7H2,1-3H3,(H,11,13). The van der Waals surface area contributed by atoms with Gasteiger partial charge in [0, 0.05) is 6.54 Å². The van der Waals surface area contributed by atoms with Crippen molar-refractivity contribution in [1.82, 2.24) is 5.32 Å². The number of amides is 1. The first-order valence-corrected chi connectivity index (χ1v) is 5.11. The van der Waals surface area contributed by atoms with Gasteiger partial charge in [0.25, 0.3) is 0 Å². The monoisotopic (exact) mass is 219 g/mol. The van der Waals surface area contributed by atoms with E-state index in [1.807, 2.05) is 13.8 Å². The molecule has 0 aliphatic heterocycles. The minimum atomic E-state index is -0.924. The molecule has 0 aliphatic carbocycles. The molecule has 15 heavy (non-hydrogen) atoms. The van der Waals surface area contributed by atoms with Crippen molar-refractivity contribution < 1.29 is 19.7 Å². The highest BCUT2D eigenvalue weighted by molar-refractivity contribution is 5.67. The van der Waals surface area contributed by atoms with Crippen molar-refractivity contribution in [3.63, 3.8) is 0 Å². The molecule has 0 bridgehead atoms. The van der Waals surface area contributed by atoms with Gasteiger partial charge in [-0.15, -0.1) is 0 Å². The number of alkyl carbamates (subject to hydrolysis) is 1. The van der Waals surface area contributed by atoms with Gasteiger partial charge in [-0.25, -0.2) is 4.79 Å². The molecule has 0 saturated carbocycles. The number of carbonyl (C=O) groups excluding carboxylic acids is 1. The minimum absolute atomic E-state index is 0.0296. The topological polar surface area (TPSA) is 78.8 Å². The Morgan fingerprint density at radius 1 is 1.53 bits per heavy atom. The smallest absolute Gasteiger partial charge is 0.407 e. The summed E-state index contributed by atoms with van der Waals surface area (Å²) in [5, 5.41) is 20.7. The Labute approximate surface area is 90.4 Å². The van der Waals surface area contributed by atoms with E-state index in [1.165, 1.54) is 0 Å². The molecule has 0 radical (unpaired) electrons. The van der Waals surface area contributed by atoms with Crippen LogP contribution in [0.1, 0.15) is 27.2 Å². The van der Waals surface area contributed by atoms with E-state index in [0.717, 1.165) is 0 Å². The minimum Gasteiger partial charge on any atom is -0.447 e. The molecule has 1 unspecified atom stereocenters. The molecule has 1 amide bonds. The van der Waals surface area contributed by atoms with Gasteiger partial charge in [0.1, 0.15) is 6.61 Å². The van der Waals surface area contributed by atoms with Crippen molar-refractivity contribution in [2.24, 2.45) is 5.92 Å². The number of nitrogens with one attached hydrogen (secondary N) is 1. The van der Waals surface area contributed by atoms with E-state index in [1.54, 1.807) is 6.92 Å². The van der Waals surface area contributed by atoms with Crippen LogP contribution in [0, 0.1) is 5.92 Å². The number of aliphatic hydroxyl groups excluding tert-OH is 1. The van der Waals surface area contributed by atoms with Crippen molar-refractivity contribution in [2.75, 3.05) is 19.8 Å². The zero-order valence-electron chi connectivity index (χ0n) is 9.62. The molecule has 0 heterocycles. The van der Waals surface area contributed by atoms with Crippen LogP contribution in [0.2, 0.25) is 0 Å². The summed E-state index contributed by atoms with van der Waals surface area (Å²) in [5.74, 6) is 0.357. The third-order valence-electron chi connectivity index (χ3n) is 1.79. The van der Waals surface area contributed by atoms with E-state index in [9.17, 15) is 9.90 Å². The highest BCUT2D eigenvalue weighted by Crippen LogP contribution is 2.14. The second kappa shape index (κ2) is 6.63. The van der Waals surface area contributed by atoms with Gasteiger partial charge >= 0.3 is 6.09 Å². The average Bonchev–Trinajstić information content (AvgIpc) is 2.09. The number of hydrogen-bond acceptors (Lipinski definition) is 4. The lowest BCUT2D eigenvalue weighted by molar-refractivity contribution is 0.0357. The van der Waals surface area contributed by atoms with Gasteiger partial charge in [0.15, 0.2) is 0 Å². The second-order valence-electron chi connectivity index (χ2n) is 4.31. The lowest BCUT2D eigenvalue weighted by Crippen LogP contribution is -2.41. The molecular weight excluding hydrogens is 198 g/mol. The Morgan fingerprint density at radius 3 is 2.60 bits per heavy atom. The molecule has 0 fully saturated rings. The van der Waals surface area contributed by atoms with Gasteiger partial charge in [0.05, 0.1) is 12.2 Å². The first-order chi connectivity index (χ1) is 6.87. The van der Waals surface area contributed by atoms with Crippen LogP contribution in [-0.4, -0.2) is 41.7 Å². The van der Waals surface area contributed by atoms with Crippen LogP contribution >= 0.6 is 0 Å². The fourth-order valence-electron chi connectivity index (χ4n) is 1.40. The zero-order valence-corrected chi connectivity index (χ0v) is 9.62.